The van der Waals surface area contributed by atoms with Gasteiger partial charge in [-0.2, -0.15) is 0 Å². The Balaban J connectivity index is 1.71. The number of amidine groups is 1. The molecule has 0 saturated carbocycles. The molecule has 2 atom stereocenters. The number of hydrogen-bond donors (Lipinski definition) is 1. The van der Waals surface area contributed by atoms with Crippen LogP contribution < -0.4 is 10.1 Å². The minimum atomic E-state index is -4.82. The lowest BCUT2D eigenvalue weighted by Crippen LogP contribution is -2.49. The fourth-order valence-corrected chi connectivity index (χ4v) is 4.96. The molecule has 2 aliphatic heterocycles. The van der Waals surface area contributed by atoms with Gasteiger partial charge < -0.3 is 14.8 Å². The quantitative estimate of drug-likeness (QED) is 0.777. The van der Waals surface area contributed by atoms with Crippen molar-refractivity contribution in [3.8, 4) is 5.75 Å². The maximum Gasteiger partial charge on any atom is 0.573 e. The number of halogens is 3. The number of carbonyl (C=O) groups excluding carboxylic acids is 1. The minimum Gasteiger partial charge on any atom is -0.405 e. The number of nitrogens with one attached hydrogen (secondary N) is 1. The zero-order valence-electron chi connectivity index (χ0n) is 15.8. The normalized spacial score (nSPS) is 23.8. The van der Waals surface area contributed by atoms with Gasteiger partial charge in [-0.15, -0.1) is 13.2 Å². The monoisotopic (exact) mass is 436 g/mol. The van der Waals surface area contributed by atoms with Gasteiger partial charge in [0, 0.05) is 29.4 Å². The molecule has 5 nitrogen and oxygen atoms in total. The van der Waals surface area contributed by atoms with Crippen LogP contribution in [0.15, 0.2) is 59.6 Å². The van der Waals surface area contributed by atoms with Crippen LogP contribution in [-0.4, -0.2) is 36.4 Å². The van der Waals surface area contributed by atoms with E-state index in [2.05, 4.69) is 10.1 Å². The summed E-state index contributed by atoms with van der Waals surface area (Å²) in [5.74, 6) is -0.0825. The molecular weight excluding hydrogens is 417 g/mol. The summed E-state index contributed by atoms with van der Waals surface area (Å²) in [6, 6.07) is 14.7. The number of benzene rings is 2. The van der Waals surface area contributed by atoms with Crippen LogP contribution in [0.3, 0.4) is 0 Å². The number of fused-ring (bicyclic) bond motifs is 1. The van der Waals surface area contributed by atoms with Crippen molar-refractivity contribution in [2.45, 2.75) is 18.3 Å². The molecule has 158 valence electrons. The number of thioether (sulfide) groups is 1. The van der Waals surface area contributed by atoms with Crippen LogP contribution in [0, 0.1) is 5.92 Å². The number of amides is 1. The van der Waals surface area contributed by atoms with Crippen LogP contribution in [0.4, 0.5) is 13.2 Å². The second-order valence-corrected chi connectivity index (χ2v) is 8.06. The van der Waals surface area contributed by atoms with Crippen LogP contribution in [0.2, 0.25) is 0 Å². The van der Waals surface area contributed by atoms with Gasteiger partial charge >= 0.3 is 6.36 Å². The molecule has 1 N–H and O–H groups in total. The third-order valence-electron chi connectivity index (χ3n) is 5.17. The molecule has 0 aliphatic carbocycles. The molecule has 2 aliphatic rings. The van der Waals surface area contributed by atoms with E-state index in [4.69, 9.17) is 9.73 Å². The van der Waals surface area contributed by atoms with Gasteiger partial charge in [0.05, 0.1) is 6.61 Å². The molecule has 0 radical (unpaired) electrons. The Hall–Kier alpha value is -2.52. The van der Waals surface area contributed by atoms with Crippen LogP contribution in [-0.2, 0) is 10.3 Å². The molecule has 1 saturated heterocycles. The first-order valence-corrected chi connectivity index (χ1v) is 10.4. The van der Waals surface area contributed by atoms with Crippen LogP contribution >= 0.6 is 11.8 Å². The van der Waals surface area contributed by atoms with Gasteiger partial charge in [-0.1, -0.05) is 48.2 Å². The van der Waals surface area contributed by atoms with Gasteiger partial charge in [0.1, 0.15) is 11.3 Å². The average Bonchev–Trinajstić information content (AvgIpc) is 2.73. The van der Waals surface area contributed by atoms with E-state index >= 15 is 0 Å². The van der Waals surface area contributed by atoms with Crippen LogP contribution in [0.25, 0.3) is 0 Å². The van der Waals surface area contributed by atoms with E-state index in [1.54, 1.807) is 42.5 Å². The highest BCUT2D eigenvalue weighted by atomic mass is 32.2. The van der Waals surface area contributed by atoms with Gasteiger partial charge in [-0.05, 0) is 24.6 Å². The smallest absolute Gasteiger partial charge is 0.405 e. The van der Waals surface area contributed by atoms with Crippen molar-refractivity contribution in [1.82, 2.24) is 5.32 Å². The second-order valence-electron chi connectivity index (χ2n) is 7.05. The average molecular weight is 436 g/mol. The van der Waals surface area contributed by atoms with Crippen molar-refractivity contribution < 1.29 is 27.4 Å². The summed E-state index contributed by atoms with van der Waals surface area (Å²) in [7, 11) is 0. The highest BCUT2D eigenvalue weighted by Crippen LogP contribution is 2.48. The van der Waals surface area contributed by atoms with Crippen LogP contribution in [0.1, 0.15) is 22.3 Å². The number of alkyl halides is 3. The summed E-state index contributed by atoms with van der Waals surface area (Å²) in [4.78, 5) is 17.3. The Bertz CT molecular complexity index is 952. The largest absolute Gasteiger partial charge is 0.573 e. The molecule has 0 aromatic heterocycles. The Labute approximate surface area is 175 Å². The number of ether oxygens (including phenoxy) is 2. The molecule has 0 unspecified atom stereocenters. The van der Waals surface area contributed by atoms with Gasteiger partial charge in [-0.25, -0.2) is 4.99 Å². The summed E-state index contributed by atoms with van der Waals surface area (Å²) in [6.07, 6.45) is -4.17. The highest BCUT2D eigenvalue weighted by Gasteiger charge is 2.48. The lowest BCUT2D eigenvalue weighted by atomic mass is 9.76. The number of carbonyl (C=O) groups is 1. The Morgan fingerprint density at radius 1 is 1.17 bits per heavy atom. The molecule has 2 aromatic rings. The van der Waals surface area contributed by atoms with Gasteiger partial charge in [0.25, 0.3) is 5.91 Å². The maximum absolute atomic E-state index is 13.0. The van der Waals surface area contributed by atoms with Gasteiger partial charge in [-0.3, -0.25) is 4.79 Å². The molecule has 2 aromatic carbocycles. The first-order valence-electron chi connectivity index (χ1n) is 9.39. The Kier molecular flexibility index (Phi) is 5.75. The predicted octanol–water partition coefficient (Wildman–Crippen LogP) is 4.35. The fraction of sp³-hybridized carbons (Fsp3) is 0.333. The van der Waals surface area contributed by atoms with E-state index in [1.165, 1.54) is 23.9 Å². The lowest BCUT2D eigenvalue weighted by Gasteiger charge is -2.44. The number of nitrogens with zero attached hydrogens (tertiary/aromatic N) is 1. The predicted molar refractivity (Wildman–Crippen MR) is 108 cm³/mol. The number of para-hydroxylation sites is 1. The molecule has 0 spiro atoms. The zero-order valence-corrected chi connectivity index (χ0v) is 16.6. The van der Waals surface area contributed by atoms with Crippen molar-refractivity contribution in [3.63, 3.8) is 0 Å². The van der Waals surface area contributed by atoms with Gasteiger partial charge in [0.15, 0.2) is 5.17 Å². The molecule has 4 rings (SSSR count). The minimum absolute atomic E-state index is 0.0494. The SMILES string of the molecule is O=C(NC1=N[C@@]2(c3ccccc3OC(F)(F)F)COCC[C@H]2CS1)c1ccccc1. The standard InChI is InChI=1S/C21H19F3N2O3S/c22-21(23,24)29-17-9-5-4-8-16(17)20-13-28-11-10-15(20)12-30-19(26-20)25-18(27)14-6-2-1-3-7-14/h1-9,15H,10-13H2,(H,25,26,27)/t15-,20-/m0/s1. The summed E-state index contributed by atoms with van der Waals surface area (Å²) in [5, 5.41) is 3.14. The summed E-state index contributed by atoms with van der Waals surface area (Å²) >= 11 is 1.38. The van der Waals surface area contributed by atoms with E-state index in [0.29, 0.717) is 35.1 Å². The summed E-state index contributed by atoms with van der Waals surface area (Å²) in [5.41, 5.74) is -0.290. The summed E-state index contributed by atoms with van der Waals surface area (Å²) < 4.78 is 48.9. The molecule has 2 heterocycles. The first kappa shape index (κ1) is 20.7. The molecule has 1 amide bonds. The van der Waals surface area contributed by atoms with E-state index in [1.807, 2.05) is 0 Å². The van der Waals surface area contributed by atoms with Crippen molar-refractivity contribution in [2.24, 2.45) is 10.9 Å². The second kappa shape index (κ2) is 8.31. The first-order chi connectivity index (χ1) is 14.4. The zero-order chi connectivity index (χ0) is 21.2. The van der Waals surface area contributed by atoms with Crippen molar-refractivity contribution >= 4 is 22.8 Å². The van der Waals surface area contributed by atoms with Crippen molar-refractivity contribution in [3.05, 3.63) is 65.7 Å². The molecule has 0 bridgehead atoms. The Morgan fingerprint density at radius 2 is 1.90 bits per heavy atom. The number of aliphatic imine (C=N–C) groups is 1. The summed E-state index contributed by atoms with van der Waals surface area (Å²) in [6.45, 7) is 0.623. The van der Waals surface area contributed by atoms with Gasteiger partial charge in [0.2, 0.25) is 0 Å². The van der Waals surface area contributed by atoms with E-state index < -0.39 is 11.9 Å². The van der Waals surface area contributed by atoms with E-state index in [0.717, 1.165) is 0 Å². The highest BCUT2D eigenvalue weighted by molar-refractivity contribution is 8.13. The number of rotatable bonds is 3. The third-order valence-corrected chi connectivity index (χ3v) is 6.20. The van der Waals surface area contributed by atoms with Crippen molar-refractivity contribution in [1.29, 1.82) is 0 Å². The topological polar surface area (TPSA) is 59.9 Å². The third kappa shape index (κ3) is 4.32. The van der Waals surface area contributed by atoms with Crippen molar-refractivity contribution in [2.75, 3.05) is 19.0 Å². The van der Waals surface area contributed by atoms with E-state index in [-0.39, 0.29) is 24.2 Å². The lowest BCUT2D eigenvalue weighted by molar-refractivity contribution is -0.275. The number of hydrogen-bond acceptors (Lipinski definition) is 5. The molecule has 9 heteroatoms. The van der Waals surface area contributed by atoms with E-state index in [9.17, 15) is 18.0 Å². The molecule has 1 fully saturated rings. The van der Waals surface area contributed by atoms with Crippen LogP contribution in [0.5, 0.6) is 5.75 Å². The molecular formula is C21H19F3N2O3S. The molecule has 30 heavy (non-hydrogen) atoms. The fourth-order valence-electron chi connectivity index (χ4n) is 3.77. The Morgan fingerprint density at radius 3 is 2.67 bits per heavy atom. The maximum atomic E-state index is 13.0.